The third-order valence-corrected chi connectivity index (χ3v) is 1.83. The first-order valence-electron chi connectivity index (χ1n) is 4.92. The van der Waals surface area contributed by atoms with Crippen LogP contribution in [0.1, 0.15) is 19.8 Å². The zero-order chi connectivity index (χ0) is 11.7. The Kier molecular flexibility index (Phi) is 7.27. The smallest absolute Gasteiger partial charge is 0.328 e. The van der Waals surface area contributed by atoms with E-state index in [0.717, 1.165) is 25.0 Å². The average molecular weight is 215 g/mol. The predicted octanol–water partition coefficient (Wildman–Crippen LogP) is 0.248. The predicted molar refractivity (Wildman–Crippen MR) is 55.3 cm³/mol. The molecule has 15 heavy (non-hydrogen) atoms. The first-order valence-corrected chi connectivity index (χ1v) is 4.92. The fourth-order valence-corrected chi connectivity index (χ4v) is 1.05. The molecule has 0 saturated heterocycles. The van der Waals surface area contributed by atoms with Gasteiger partial charge in [0.1, 0.15) is 0 Å². The zero-order valence-corrected chi connectivity index (χ0v) is 8.85. The van der Waals surface area contributed by atoms with Gasteiger partial charge in [-0.25, -0.2) is 4.79 Å². The molecule has 86 valence electrons. The number of hydrogen-bond acceptors (Lipinski definition) is 3. The molecule has 0 unspecified atom stereocenters. The summed E-state index contributed by atoms with van der Waals surface area (Å²) in [5.74, 6) is -1.53. The second-order valence-corrected chi connectivity index (χ2v) is 3.07. The molecule has 0 atom stereocenters. The zero-order valence-electron chi connectivity index (χ0n) is 8.85. The van der Waals surface area contributed by atoms with E-state index in [9.17, 15) is 9.59 Å². The molecule has 0 aliphatic carbocycles. The van der Waals surface area contributed by atoms with Crippen molar-refractivity contribution in [3.8, 4) is 0 Å². The number of aliphatic hydroxyl groups is 1. The van der Waals surface area contributed by atoms with Gasteiger partial charge in [-0.1, -0.05) is 13.3 Å². The molecule has 0 aromatic carbocycles. The Morgan fingerprint density at radius 2 is 1.93 bits per heavy atom. The monoisotopic (exact) mass is 215 g/mol. The van der Waals surface area contributed by atoms with Crippen LogP contribution in [0.4, 0.5) is 0 Å². The summed E-state index contributed by atoms with van der Waals surface area (Å²) in [5.41, 5.74) is 0. The van der Waals surface area contributed by atoms with Crippen molar-refractivity contribution in [2.75, 3.05) is 19.7 Å². The number of unbranched alkanes of at least 4 members (excludes halogenated alkanes) is 1. The summed E-state index contributed by atoms with van der Waals surface area (Å²) in [6.45, 7) is 2.66. The van der Waals surface area contributed by atoms with E-state index < -0.39 is 5.97 Å². The van der Waals surface area contributed by atoms with Crippen LogP contribution in [0, 0.1) is 0 Å². The Labute approximate surface area is 89.0 Å². The summed E-state index contributed by atoms with van der Waals surface area (Å²) in [4.78, 5) is 23.0. The maximum absolute atomic E-state index is 11.4. The van der Waals surface area contributed by atoms with E-state index in [-0.39, 0.29) is 19.1 Å². The van der Waals surface area contributed by atoms with Crippen LogP contribution < -0.4 is 0 Å². The quantitative estimate of drug-likeness (QED) is 0.597. The van der Waals surface area contributed by atoms with Crippen LogP contribution in [0.25, 0.3) is 0 Å². The Morgan fingerprint density at radius 3 is 2.40 bits per heavy atom. The number of rotatable bonds is 7. The average Bonchev–Trinajstić information content (AvgIpc) is 2.20. The van der Waals surface area contributed by atoms with Gasteiger partial charge in [0.15, 0.2) is 0 Å². The van der Waals surface area contributed by atoms with Crippen molar-refractivity contribution in [1.29, 1.82) is 0 Å². The Morgan fingerprint density at radius 1 is 1.27 bits per heavy atom. The number of carbonyl (C=O) groups is 2. The summed E-state index contributed by atoms with van der Waals surface area (Å²) in [7, 11) is 0. The van der Waals surface area contributed by atoms with Crippen molar-refractivity contribution in [2.24, 2.45) is 0 Å². The lowest BCUT2D eigenvalue weighted by molar-refractivity contribution is -0.132. The van der Waals surface area contributed by atoms with Crippen molar-refractivity contribution in [2.45, 2.75) is 19.8 Å². The third-order valence-electron chi connectivity index (χ3n) is 1.83. The first-order chi connectivity index (χ1) is 7.11. The van der Waals surface area contributed by atoms with Crippen LogP contribution >= 0.6 is 0 Å². The van der Waals surface area contributed by atoms with Crippen LogP contribution in [-0.2, 0) is 9.59 Å². The summed E-state index contributed by atoms with van der Waals surface area (Å²) < 4.78 is 0. The Bertz CT molecular complexity index is 238. The SMILES string of the molecule is CCCCN(CCO)C(=O)/C=C/C(=O)O. The van der Waals surface area contributed by atoms with Gasteiger partial charge in [-0.15, -0.1) is 0 Å². The highest BCUT2D eigenvalue weighted by atomic mass is 16.4. The number of hydrogen-bond donors (Lipinski definition) is 2. The van der Waals surface area contributed by atoms with Crippen LogP contribution in [0.15, 0.2) is 12.2 Å². The molecular formula is C10H17NO4. The lowest BCUT2D eigenvalue weighted by Crippen LogP contribution is -2.33. The van der Waals surface area contributed by atoms with E-state index in [2.05, 4.69) is 0 Å². The molecule has 1 amide bonds. The summed E-state index contributed by atoms with van der Waals surface area (Å²) >= 11 is 0. The van der Waals surface area contributed by atoms with Gasteiger partial charge in [0.2, 0.25) is 5.91 Å². The molecule has 5 heteroatoms. The topological polar surface area (TPSA) is 77.8 Å². The molecule has 0 aliphatic rings. The molecule has 0 fully saturated rings. The van der Waals surface area contributed by atoms with Crippen LogP contribution in [0.5, 0.6) is 0 Å². The number of carboxylic acid groups (broad SMARTS) is 1. The number of aliphatic hydroxyl groups excluding tert-OH is 1. The van der Waals surface area contributed by atoms with Crippen LogP contribution in [0.3, 0.4) is 0 Å². The second-order valence-electron chi connectivity index (χ2n) is 3.07. The molecule has 0 bridgehead atoms. The number of aliphatic carboxylic acids is 1. The highest BCUT2D eigenvalue weighted by molar-refractivity contribution is 5.93. The fourth-order valence-electron chi connectivity index (χ4n) is 1.05. The molecule has 0 aromatic rings. The minimum atomic E-state index is -1.15. The Balaban J connectivity index is 4.21. The van der Waals surface area contributed by atoms with E-state index in [1.165, 1.54) is 4.90 Å². The highest BCUT2D eigenvalue weighted by Crippen LogP contribution is 1.96. The molecular weight excluding hydrogens is 198 g/mol. The number of carboxylic acids is 1. The molecule has 5 nitrogen and oxygen atoms in total. The minimum Gasteiger partial charge on any atom is -0.478 e. The maximum atomic E-state index is 11.4. The van der Waals surface area contributed by atoms with Crippen molar-refractivity contribution < 1.29 is 19.8 Å². The van der Waals surface area contributed by atoms with Gasteiger partial charge in [-0.3, -0.25) is 4.79 Å². The van der Waals surface area contributed by atoms with Gasteiger partial charge in [0.25, 0.3) is 0 Å². The van der Waals surface area contributed by atoms with Gasteiger partial charge < -0.3 is 15.1 Å². The normalized spacial score (nSPS) is 10.5. The van der Waals surface area contributed by atoms with Gasteiger partial charge in [0, 0.05) is 25.2 Å². The van der Waals surface area contributed by atoms with Crippen molar-refractivity contribution in [3.63, 3.8) is 0 Å². The number of amides is 1. The lowest BCUT2D eigenvalue weighted by Gasteiger charge is -2.19. The van der Waals surface area contributed by atoms with Gasteiger partial charge in [-0.05, 0) is 6.42 Å². The van der Waals surface area contributed by atoms with Crippen molar-refractivity contribution >= 4 is 11.9 Å². The first kappa shape index (κ1) is 13.6. The molecule has 0 aromatic heterocycles. The largest absolute Gasteiger partial charge is 0.478 e. The van der Waals surface area contributed by atoms with E-state index in [1.54, 1.807) is 0 Å². The van der Waals surface area contributed by atoms with Crippen molar-refractivity contribution in [3.05, 3.63) is 12.2 Å². The van der Waals surface area contributed by atoms with E-state index in [0.29, 0.717) is 6.54 Å². The fraction of sp³-hybridized carbons (Fsp3) is 0.600. The standard InChI is InChI=1S/C10H17NO4/c1-2-3-6-11(7-8-12)9(13)4-5-10(14)15/h4-5,12H,2-3,6-8H2,1H3,(H,14,15)/b5-4+. The van der Waals surface area contributed by atoms with Crippen LogP contribution in [-0.4, -0.2) is 46.7 Å². The number of carbonyl (C=O) groups excluding carboxylic acids is 1. The second kappa shape index (κ2) is 7.99. The molecule has 2 N–H and O–H groups in total. The highest BCUT2D eigenvalue weighted by Gasteiger charge is 2.09. The van der Waals surface area contributed by atoms with E-state index in [4.69, 9.17) is 10.2 Å². The van der Waals surface area contributed by atoms with E-state index >= 15 is 0 Å². The molecule has 0 saturated carbocycles. The molecule has 0 spiro atoms. The van der Waals surface area contributed by atoms with Crippen molar-refractivity contribution in [1.82, 2.24) is 4.90 Å². The van der Waals surface area contributed by atoms with Gasteiger partial charge in [-0.2, -0.15) is 0 Å². The number of nitrogens with zero attached hydrogens (tertiary/aromatic N) is 1. The van der Waals surface area contributed by atoms with E-state index in [1.807, 2.05) is 6.92 Å². The maximum Gasteiger partial charge on any atom is 0.328 e. The Hall–Kier alpha value is -1.36. The van der Waals surface area contributed by atoms with Crippen LogP contribution in [0.2, 0.25) is 0 Å². The van der Waals surface area contributed by atoms with Gasteiger partial charge in [0.05, 0.1) is 6.61 Å². The minimum absolute atomic E-state index is 0.115. The summed E-state index contributed by atoms with van der Waals surface area (Å²) in [6.07, 6.45) is 3.59. The molecule has 0 heterocycles. The third kappa shape index (κ3) is 6.68. The molecule has 0 rings (SSSR count). The lowest BCUT2D eigenvalue weighted by atomic mass is 10.3. The molecule has 0 aliphatic heterocycles. The summed E-state index contributed by atoms with van der Waals surface area (Å²) in [5, 5.41) is 17.1. The van der Waals surface area contributed by atoms with Gasteiger partial charge >= 0.3 is 5.97 Å². The molecule has 0 radical (unpaired) electrons. The summed E-state index contributed by atoms with van der Waals surface area (Å²) in [6, 6.07) is 0.